The molecule has 4 heteroatoms. The van der Waals surface area contributed by atoms with Gasteiger partial charge in [-0.2, -0.15) is 0 Å². The Morgan fingerprint density at radius 3 is 2.63 bits per heavy atom. The number of aliphatic hydroxyl groups is 1. The normalized spacial score (nSPS) is 19.8. The zero-order chi connectivity index (χ0) is 14.0. The van der Waals surface area contributed by atoms with Crippen LogP contribution in [0.25, 0.3) is 0 Å². The van der Waals surface area contributed by atoms with Gasteiger partial charge < -0.3 is 15.4 Å². The van der Waals surface area contributed by atoms with E-state index >= 15 is 0 Å². The van der Waals surface area contributed by atoms with Gasteiger partial charge in [0.15, 0.2) is 0 Å². The third-order valence-electron chi connectivity index (χ3n) is 3.52. The molecule has 0 fully saturated rings. The van der Waals surface area contributed by atoms with E-state index in [0.717, 1.165) is 5.56 Å². The lowest BCUT2D eigenvalue weighted by molar-refractivity contribution is -0.128. The second-order valence-corrected chi connectivity index (χ2v) is 4.70. The van der Waals surface area contributed by atoms with Crippen LogP contribution in [0.3, 0.4) is 0 Å². The summed E-state index contributed by atoms with van der Waals surface area (Å²) in [5.41, 5.74) is 1.35. The first kappa shape index (κ1) is 13.3. The lowest BCUT2D eigenvalue weighted by Gasteiger charge is -2.34. The number of hydrogen-bond donors (Lipinski definition) is 2. The Kier molecular flexibility index (Phi) is 3.69. The van der Waals surface area contributed by atoms with Crippen molar-refractivity contribution >= 4 is 11.6 Å². The molecule has 0 saturated heterocycles. The Morgan fingerprint density at radius 2 is 2.05 bits per heavy atom. The van der Waals surface area contributed by atoms with Gasteiger partial charge in [-0.1, -0.05) is 37.3 Å². The number of nitrogens with one attached hydrogen (secondary N) is 1. The number of amides is 1. The van der Waals surface area contributed by atoms with E-state index in [-0.39, 0.29) is 29.0 Å². The van der Waals surface area contributed by atoms with Gasteiger partial charge in [0.05, 0.1) is 11.6 Å². The molecule has 2 rings (SSSR count). The number of likely N-dealkylation sites (N-methyl/N-ethyl adjacent to an activating group) is 1. The van der Waals surface area contributed by atoms with E-state index in [1.165, 1.54) is 0 Å². The molecule has 2 N–H and O–H groups in total. The first-order valence-electron chi connectivity index (χ1n) is 6.38. The van der Waals surface area contributed by atoms with Gasteiger partial charge in [0.1, 0.15) is 5.76 Å². The van der Waals surface area contributed by atoms with Crippen LogP contribution >= 0.6 is 0 Å². The third kappa shape index (κ3) is 2.38. The SMILES string of the molecule is CCC(=N)C1=C(O)CC(c2ccccc2)N(C)C1=O. The Bertz CT molecular complexity index is 534. The molecule has 0 bridgehead atoms. The fourth-order valence-corrected chi connectivity index (χ4v) is 2.36. The molecule has 0 aliphatic carbocycles. The van der Waals surface area contributed by atoms with Crippen LogP contribution in [0.4, 0.5) is 0 Å². The molecule has 1 aromatic carbocycles. The van der Waals surface area contributed by atoms with Gasteiger partial charge in [-0.25, -0.2) is 0 Å². The molecule has 0 radical (unpaired) electrons. The summed E-state index contributed by atoms with van der Waals surface area (Å²) in [5, 5.41) is 17.9. The molecule has 1 aliphatic heterocycles. The van der Waals surface area contributed by atoms with Gasteiger partial charge in [0.25, 0.3) is 5.91 Å². The fourth-order valence-electron chi connectivity index (χ4n) is 2.36. The molecular weight excluding hydrogens is 240 g/mol. The summed E-state index contributed by atoms with van der Waals surface area (Å²) in [7, 11) is 1.72. The van der Waals surface area contributed by atoms with E-state index in [2.05, 4.69) is 0 Å². The van der Waals surface area contributed by atoms with Crippen molar-refractivity contribution in [2.75, 3.05) is 7.05 Å². The summed E-state index contributed by atoms with van der Waals surface area (Å²) in [6, 6.07) is 9.47. The number of nitrogens with zero attached hydrogens (tertiary/aromatic N) is 1. The standard InChI is InChI=1S/C15H18N2O2/c1-3-11(16)14-13(18)9-12(17(2)15(14)19)10-7-5-4-6-8-10/h4-8,12,16,18H,3,9H2,1-2H3. The summed E-state index contributed by atoms with van der Waals surface area (Å²) in [5.74, 6) is -0.242. The maximum absolute atomic E-state index is 12.3. The van der Waals surface area contributed by atoms with Crippen LogP contribution in [0.2, 0.25) is 0 Å². The van der Waals surface area contributed by atoms with Crippen LogP contribution in [0, 0.1) is 5.41 Å². The maximum atomic E-state index is 12.3. The lowest BCUT2D eigenvalue weighted by Crippen LogP contribution is -2.39. The molecule has 0 saturated carbocycles. The van der Waals surface area contributed by atoms with E-state index in [1.54, 1.807) is 18.9 Å². The number of carbonyl (C=O) groups excluding carboxylic acids is 1. The predicted molar refractivity (Wildman–Crippen MR) is 74.2 cm³/mol. The van der Waals surface area contributed by atoms with E-state index in [0.29, 0.717) is 12.8 Å². The first-order valence-corrected chi connectivity index (χ1v) is 6.38. The van der Waals surface area contributed by atoms with E-state index < -0.39 is 0 Å². The Labute approximate surface area is 112 Å². The van der Waals surface area contributed by atoms with Crippen molar-refractivity contribution in [3.63, 3.8) is 0 Å². The topological polar surface area (TPSA) is 64.4 Å². The van der Waals surface area contributed by atoms with Crippen molar-refractivity contribution in [3.8, 4) is 0 Å². The number of hydrogen-bond acceptors (Lipinski definition) is 3. The summed E-state index contributed by atoms with van der Waals surface area (Å²) in [6.07, 6.45) is 0.805. The molecule has 0 spiro atoms. The molecule has 100 valence electrons. The highest BCUT2D eigenvalue weighted by molar-refractivity contribution is 6.21. The van der Waals surface area contributed by atoms with Crippen molar-refractivity contribution < 1.29 is 9.90 Å². The van der Waals surface area contributed by atoms with E-state index in [4.69, 9.17) is 5.41 Å². The van der Waals surface area contributed by atoms with Crippen molar-refractivity contribution in [1.29, 1.82) is 5.41 Å². The van der Waals surface area contributed by atoms with Crippen LogP contribution in [0.15, 0.2) is 41.7 Å². The fraction of sp³-hybridized carbons (Fsp3) is 0.333. The zero-order valence-corrected chi connectivity index (χ0v) is 11.2. The summed E-state index contributed by atoms with van der Waals surface area (Å²) < 4.78 is 0. The van der Waals surface area contributed by atoms with Gasteiger partial charge in [-0.3, -0.25) is 4.79 Å². The first-order chi connectivity index (χ1) is 9.06. The smallest absolute Gasteiger partial charge is 0.259 e. The highest BCUT2D eigenvalue weighted by Gasteiger charge is 2.34. The predicted octanol–water partition coefficient (Wildman–Crippen LogP) is 2.83. The molecule has 0 aromatic heterocycles. The van der Waals surface area contributed by atoms with Crippen molar-refractivity contribution in [2.24, 2.45) is 0 Å². The number of aliphatic hydroxyl groups excluding tert-OH is 1. The molecule has 1 atom stereocenters. The van der Waals surface area contributed by atoms with E-state index in [1.807, 2.05) is 30.3 Å². The van der Waals surface area contributed by atoms with Gasteiger partial charge in [-0.05, 0) is 12.0 Å². The number of rotatable bonds is 3. The number of carbonyl (C=O) groups is 1. The second-order valence-electron chi connectivity index (χ2n) is 4.70. The molecular formula is C15H18N2O2. The average Bonchev–Trinajstić information content (AvgIpc) is 2.43. The highest BCUT2D eigenvalue weighted by Crippen LogP contribution is 2.33. The largest absolute Gasteiger partial charge is 0.511 e. The molecule has 4 nitrogen and oxygen atoms in total. The number of benzene rings is 1. The van der Waals surface area contributed by atoms with Gasteiger partial charge in [-0.15, -0.1) is 0 Å². The van der Waals surface area contributed by atoms with Crippen molar-refractivity contribution in [1.82, 2.24) is 4.90 Å². The van der Waals surface area contributed by atoms with Crippen LogP contribution in [0.1, 0.15) is 31.4 Å². The minimum Gasteiger partial charge on any atom is -0.511 e. The molecule has 1 aromatic rings. The lowest BCUT2D eigenvalue weighted by atomic mass is 9.92. The van der Waals surface area contributed by atoms with Crippen molar-refractivity contribution in [3.05, 3.63) is 47.2 Å². The van der Waals surface area contributed by atoms with Crippen molar-refractivity contribution in [2.45, 2.75) is 25.8 Å². The molecule has 19 heavy (non-hydrogen) atoms. The Balaban J connectivity index is 2.38. The molecule has 1 unspecified atom stereocenters. The molecule has 1 aliphatic rings. The summed E-state index contributed by atoms with van der Waals surface area (Å²) >= 11 is 0. The second kappa shape index (κ2) is 5.26. The molecule has 1 heterocycles. The van der Waals surface area contributed by atoms with E-state index in [9.17, 15) is 9.90 Å². The minimum atomic E-state index is -0.274. The maximum Gasteiger partial charge on any atom is 0.259 e. The van der Waals surface area contributed by atoms with Crippen LogP contribution in [0.5, 0.6) is 0 Å². The highest BCUT2D eigenvalue weighted by atomic mass is 16.3. The summed E-state index contributed by atoms with van der Waals surface area (Å²) in [6.45, 7) is 1.80. The Morgan fingerprint density at radius 1 is 1.42 bits per heavy atom. The zero-order valence-electron chi connectivity index (χ0n) is 11.2. The van der Waals surface area contributed by atoms with Crippen LogP contribution in [-0.2, 0) is 4.79 Å². The van der Waals surface area contributed by atoms with Gasteiger partial charge >= 0.3 is 0 Å². The summed E-state index contributed by atoms with van der Waals surface area (Å²) in [4.78, 5) is 13.9. The van der Waals surface area contributed by atoms with Gasteiger partial charge in [0.2, 0.25) is 0 Å². The molecule has 1 amide bonds. The third-order valence-corrected chi connectivity index (χ3v) is 3.52. The van der Waals surface area contributed by atoms with Crippen LogP contribution in [-0.4, -0.2) is 28.7 Å². The van der Waals surface area contributed by atoms with Crippen LogP contribution < -0.4 is 0 Å². The quantitative estimate of drug-likeness (QED) is 0.819. The minimum absolute atomic E-state index is 0.0313. The van der Waals surface area contributed by atoms with Gasteiger partial charge in [0, 0.05) is 19.2 Å². The average molecular weight is 258 g/mol. The Hall–Kier alpha value is -2.10. The monoisotopic (exact) mass is 258 g/mol.